The van der Waals surface area contributed by atoms with Crippen LogP contribution in [-0.4, -0.2) is 37.0 Å². The first kappa shape index (κ1) is 14.2. The Morgan fingerprint density at radius 2 is 1.88 bits per heavy atom. The van der Waals surface area contributed by atoms with Crippen LogP contribution in [0.1, 0.15) is 20.3 Å². The average molecular weight is 257 g/mol. The third-order valence-corrected chi connectivity index (χ3v) is 4.78. The van der Waals surface area contributed by atoms with Gasteiger partial charge in [0.15, 0.2) is 0 Å². The van der Waals surface area contributed by atoms with Crippen molar-refractivity contribution in [2.45, 2.75) is 31.2 Å². The molecule has 1 aromatic rings. The molecular weight excluding hydrogens is 238 g/mol. The molecule has 0 bridgehead atoms. The molecule has 0 amide bonds. The molecule has 1 aromatic carbocycles. The maximum Gasteiger partial charge on any atom is 0.243 e. The van der Waals surface area contributed by atoms with Crippen molar-refractivity contribution in [2.75, 3.05) is 13.2 Å². The summed E-state index contributed by atoms with van der Waals surface area (Å²) in [5, 5.41) is 8.99. The largest absolute Gasteiger partial charge is 0.395 e. The van der Waals surface area contributed by atoms with Crippen LogP contribution in [0, 0.1) is 0 Å². The van der Waals surface area contributed by atoms with E-state index in [-0.39, 0.29) is 24.1 Å². The van der Waals surface area contributed by atoms with E-state index in [1.165, 1.54) is 4.31 Å². The van der Waals surface area contributed by atoms with E-state index in [9.17, 15) is 8.42 Å². The number of nitrogens with zero attached hydrogens (tertiary/aromatic N) is 1. The quantitative estimate of drug-likeness (QED) is 0.839. The monoisotopic (exact) mass is 257 g/mol. The van der Waals surface area contributed by atoms with Crippen molar-refractivity contribution >= 4 is 10.0 Å². The van der Waals surface area contributed by atoms with Crippen molar-refractivity contribution in [3.8, 4) is 0 Å². The van der Waals surface area contributed by atoms with Crippen LogP contribution in [0.4, 0.5) is 0 Å². The Balaban J connectivity index is 3.09. The number of rotatable bonds is 6. The van der Waals surface area contributed by atoms with Gasteiger partial charge in [-0.25, -0.2) is 8.42 Å². The topological polar surface area (TPSA) is 57.6 Å². The van der Waals surface area contributed by atoms with Gasteiger partial charge in [-0.2, -0.15) is 4.31 Å². The fourth-order valence-electron chi connectivity index (χ4n) is 1.61. The van der Waals surface area contributed by atoms with Gasteiger partial charge in [-0.3, -0.25) is 0 Å². The summed E-state index contributed by atoms with van der Waals surface area (Å²) in [6.45, 7) is 3.73. The summed E-state index contributed by atoms with van der Waals surface area (Å²) in [7, 11) is -3.50. The number of hydrogen-bond acceptors (Lipinski definition) is 3. The molecule has 0 spiro atoms. The number of hydrogen-bond donors (Lipinski definition) is 1. The predicted octanol–water partition coefficient (Wildman–Crippen LogP) is 1.47. The maximum atomic E-state index is 12.3. The highest BCUT2D eigenvalue weighted by Gasteiger charge is 2.27. The molecule has 1 rings (SSSR count). The third kappa shape index (κ3) is 3.28. The Bertz CT molecular complexity index is 430. The van der Waals surface area contributed by atoms with E-state index in [0.29, 0.717) is 6.42 Å². The van der Waals surface area contributed by atoms with Gasteiger partial charge in [0.25, 0.3) is 0 Å². The molecule has 1 unspecified atom stereocenters. The maximum absolute atomic E-state index is 12.3. The number of aliphatic hydroxyl groups excluding tert-OH is 1. The van der Waals surface area contributed by atoms with E-state index in [2.05, 4.69) is 0 Å². The van der Waals surface area contributed by atoms with Gasteiger partial charge in [0.1, 0.15) is 0 Å². The van der Waals surface area contributed by atoms with Crippen molar-refractivity contribution < 1.29 is 13.5 Å². The van der Waals surface area contributed by atoms with Crippen molar-refractivity contribution in [1.82, 2.24) is 4.31 Å². The molecule has 0 saturated heterocycles. The SMILES string of the molecule is CCC(C)N(CCO)S(=O)(=O)c1ccccc1. The Morgan fingerprint density at radius 3 is 2.35 bits per heavy atom. The van der Waals surface area contributed by atoms with E-state index in [1.807, 2.05) is 13.8 Å². The lowest BCUT2D eigenvalue weighted by molar-refractivity contribution is 0.229. The van der Waals surface area contributed by atoms with Gasteiger partial charge in [-0.1, -0.05) is 25.1 Å². The van der Waals surface area contributed by atoms with Gasteiger partial charge in [-0.05, 0) is 25.5 Å². The Morgan fingerprint density at radius 1 is 1.29 bits per heavy atom. The summed E-state index contributed by atoms with van der Waals surface area (Å²) >= 11 is 0. The molecule has 4 nitrogen and oxygen atoms in total. The molecular formula is C12H19NO3S. The molecule has 0 fully saturated rings. The van der Waals surface area contributed by atoms with Crippen LogP contribution in [0.2, 0.25) is 0 Å². The third-order valence-electron chi connectivity index (χ3n) is 2.75. The first-order valence-electron chi connectivity index (χ1n) is 5.71. The molecule has 0 aliphatic carbocycles. The lowest BCUT2D eigenvalue weighted by Gasteiger charge is -2.26. The van der Waals surface area contributed by atoms with Crippen LogP contribution in [0.3, 0.4) is 0 Å². The fourth-order valence-corrected chi connectivity index (χ4v) is 3.32. The zero-order valence-corrected chi connectivity index (χ0v) is 11.0. The molecule has 96 valence electrons. The molecule has 5 heteroatoms. The highest BCUT2D eigenvalue weighted by Crippen LogP contribution is 2.18. The van der Waals surface area contributed by atoms with Gasteiger partial charge in [0, 0.05) is 12.6 Å². The molecule has 0 aromatic heterocycles. The molecule has 0 aliphatic rings. The molecule has 17 heavy (non-hydrogen) atoms. The van der Waals surface area contributed by atoms with Gasteiger partial charge in [0.2, 0.25) is 10.0 Å². The molecule has 0 saturated carbocycles. The van der Waals surface area contributed by atoms with Crippen LogP contribution >= 0.6 is 0 Å². The molecule has 1 N–H and O–H groups in total. The van der Waals surface area contributed by atoms with Gasteiger partial charge in [0.05, 0.1) is 11.5 Å². The van der Waals surface area contributed by atoms with E-state index in [1.54, 1.807) is 30.3 Å². The summed E-state index contributed by atoms with van der Waals surface area (Å²) in [5.41, 5.74) is 0. The minimum Gasteiger partial charge on any atom is -0.395 e. The van der Waals surface area contributed by atoms with Crippen LogP contribution in [0.15, 0.2) is 35.2 Å². The smallest absolute Gasteiger partial charge is 0.243 e. The Kier molecular flexibility index (Phi) is 5.11. The molecule has 0 heterocycles. The average Bonchev–Trinajstić information content (AvgIpc) is 2.36. The zero-order chi connectivity index (χ0) is 12.9. The van der Waals surface area contributed by atoms with E-state index < -0.39 is 10.0 Å². The fraction of sp³-hybridized carbons (Fsp3) is 0.500. The lowest BCUT2D eigenvalue weighted by Crippen LogP contribution is -2.40. The minimum atomic E-state index is -3.50. The standard InChI is InChI=1S/C12H19NO3S/c1-3-11(2)13(9-10-14)17(15,16)12-7-5-4-6-8-12/h4-8,11,14H,3,9-10H2,1-2H3. The second-order valence-corrected chi connectivity index (χ2v) is 5.80. The highest BCUT2D eigenvalue weighted by atomic mass is 32.2. The first-order chi connectivity index (χ1) is 8.04. The molecule has 0 aliphatic heterocycles. The van der Waals surface area contributed by atoms with Crippen LogP contribution in [0.25, 0.3) is 0 Å². The lowest BCUT2D eigenvalue weighted by atomic mass is 10.3. The summed E-state index contributed by atoms with van der Waals surface area (Å²) in [5.74, 6) is 0. The molecule has 0 radical (unpaired) electrons. The van der Waals surface area contributed by atoms with Crippen molar-refractivity contribution in [3.05, 3.63) is 30.3 Å². The van der Waals surface area contributed by atoms with Gasteiger partial charge < -0.3 is 5.11 Å². The van der Waals surface area contributed by atoms with E-state index in [4.69, 9.17) is 5.11 Å². The summed E-state index contributed by atoms with van der Waals surface area (Å²) in [6.07, 6.45) is 0.714. The summed E-state index contributed by atoms with van der Waals surface area (Å²) < 4.78 is 26.0. The molecule has 1 atom stereocenters. The van der Waals surface area contributed by atoms with Crippen molar-refractivity contribution in [3.63, 3.8) is 0 Å². The van der Waals surface area contributed by atoms with E-state index in [0.717, 1.165) is 0 Å². The predicted molar refractivity (Wildman–Crippen MR) is 67.2 cm³/mol. The zero-order valence-electron chi connectivity index (χ0n) is 10.2. The Hall–Kier alpha value is -0.910. The van der Waals surface area contributed by atoms with Crippen molar-refractivity contribution in [2.24, 2.45) is 0 Å². The van der Waals surface area contributed by atoms with Crippen LogP contribution in [-0.2, 0) is 10.0 Å². The number of sulfonamides is 1. The Labute approximate surface area is 103 Å². The van der Waals surface area contributed by atoms with Crippen molar-refractivity contribution in [1.29, 1.82) is 0 Å². The summed E-state index contributed by atoms with van der Waals surface area (Å²) in [6, 6.07) is 8.19. The highest BCUT2D eigenvalue weighted by molar-refractivity contribution is 7.89. The second kappa shape index (κ2) is 6.14. The minimum absolute atomic E-state index is 0.118. The first-order valence-corrected chi connectivity index (χ1v) is 7.15. The summed E-state index contributed by atoms with van der Waals surface area (Å²) in [4.78, 5) is 0.272. The second-order valence-electron chi connectivity index (χ2n) is 3.91. The normalized spacial score (nSPS) is 13.9. The number of benzene rings is 1. The van der Waals surface area contributed by atoms with E-state index >= 15 is 0 Å². The van der Waals surface area contributed by atoms with Gasteiger partial charge >= 0.3 is 0 Å². The van der Waals surface area contributed by atoms with Crippen LogP contribution < -0.4 is 0 Å². The van der Waals surface area contributed by atoms with Gasteiger partial charge in [-0.15, -0.1) is 0 Å². The van der Waals surface area contributed by atoms with Crippen LogP contribution in [0.5, 0.6) is 0 Å². The number of aliphatic hydroxyl groups is 1.